The molecular weight excluding hydrogens is 202 g/mol. The molecule has 0 saturated heterocycles. The Labute approximate surface area is 97.2 Å². The van der Waals surface area contributed by atoms with Crippen molar-refractivity contribution in [1.29, 1.82) is 0 Å². The molecule has 16 heavy (non-hydrogen) atoms. The summed E-state index contributed by atoms with van der Waals surface area (Å²) in [5.74, 6) is 0.574. The van der Waals surface area contributed by atoms with Crippen molar-refractivity contribution in [1.82, 2.24) is 10.3 Å². The summed E-state index contributed by atoms with van der Waals surface area (Å²) in [7, 11) is 1.90. The Kier molecular flexibility index (Phi) is 5.22. The van der Waals surface area contributed by atoms with Crippen molar-refractivity contribution in [3.05, 3.63) is 23.4 Å². The molecule has 0 bridgehead atoms. The van der Waals surface area contributed by atoms with E-state index >= 15 is 0 Å². The van der Waals surface area contributed by atoms with Crippen molar-refractivity contribution >= 4 is 5.82 Å². The molecule has 1 aromatic rings. The summed E-state index contributed by atoms with van der Waals surface area (Å²) >= 11 is 0. The van der Waals surface area contributed by atoms with Crippen molar-refractivity contribution in [2.24, 2.45) is 0 Å². The molecule has 4 heteroatoms. The first-order valence-corrected chi connectivity index (χ1v) is 5.66. The van der Waals surface area contributed by atoms with Crippen LogP contribution < -0.4 is 11.1 Å². The smallest absolute Gasteiger partial charge is 0.128 e. The molecule has 90 valence electrons. The van der Waals surface area contributed by atoms with Gasteiger partial charge in [0.15, 0.2) is 0 Å². The number of pyridine rings is 1. The zero-order chi connectivity index (χ0) is 12.0. The summed E-state index contributed by atoms with van der Waals surface area (Å²) in [5, 5.41) is 3.20. The quantitative estimate of drug-likeness (QED) is 0.720. The summed E-state index contributed by atoms with van der Waals surface area (Å²) < 4.78 is 5.54. The lowest BCUT2D eigenvalue weighted by atomic mass is 10.1. The predicted octanol–water partition coefficient (Wildman–Crippen LogP) is 1.66. The Bertz CT molecular complexity index is 328. The minimum Gasteiger partial charge on any atom is -0.383 e. The highest BCUT2D eigenvalue weighted by Crippen LogP contribution is 2.19. The number of aromatic nitrogens is 1. The maximum Gasteiger partial charge on any atom is 0.128 e. The number of nitrogens with zero attached hydrogens (tertiary/aromatic N) is 1. The summed E-state index contributed by atoms with van der Waals surface area (Å²) in [6, 6.07) is 2.16. The van der Waals surface area contributed by atoms with Gasteiger partial charge >= 0.3 is 0 Å². The van der Waals surface area contributed by atoms with Gasteiger partial charge in [-0.1, -0.05) is 6.92 Å². The van der Waals surface area contributed by atoms with Crippen molar-refractivity contribution < 1.29 is 4.74 Å². The van der Waals surface area contributed by atoms with E-state index in [-0.39, 0.29) is 6.04 Å². The standard InChI is InChI=1S/C12H21N3O/c1-4-5-16-8-11(14-3)10-6-9(2)7-15-12(10)13/h6-7,11,14H,4-5,8H2,1-3H3,(H2,13,15). The van der Waals surface area contributed by atoms with Gasteiger partial charge in [-0.15, -0.1) is 0 Å². The van der Waals surface area contributed by atoms with Crippen LogP contribution in [-0.4, -0.2) is 25.2 Å². The predicted molar refractivity (Wildman–Crippen MR) is 66.3 cm³/mol. The van der Waals surface area contributed by atoms with Crippen LogP contribution in [0.25, 0.3) is 0 Å². The minimum atomic E-state index is 0.110. The number of ether oxygens (including phenoxy) is 1. The normalized spacial score (nSPS) is 12.7. The third-order valence-electron chi connectivity index (χ3n) is 2.44. The van der Waals surface area contributed by atoms with Gasteiger partial charge in [-0.25, -0.2) is 4.98 Å². The van der Waals surface area contributed by atoms with E-state index in [2.05, 4.69) is 23.3 Å². The number of nitrogens with one attached hydrogen (secondary N) is 1. The van der Waals surface area contributed by atoms with E-state index in [0.29, 0.717) is 12.4 Å². The summed E-state index contributed by atoms with van der Waals surface area (Å²) in [6.07, 6.45) is 2.80. The second kappa shape index (κ2) is 6.45. The molecule has 4 nitrogen and oxygen atoms in total. The molecule has 0 fully saturated rings. The fourth-order valence-corrected chi connectivity index (χ4v) is 1.56. The van der Waals surface area contributed by atoms with E-state index < -0.39 is 0 Å². The molecule has 0 aromatic carbocycles. The van der Waals surface area contributed by atoms with Gasteiger partial charge in [-0.05, 0) is 32.0 Å². The second-order valence-corrected chi connectivity index (χ2v) is 3.90. The Balaban J connectivity index is 2.73. The maximum absolute atomic E-state index is 5.86. The second-order valence-electron chi connectivity index (χ2n) is 3.90. The SMILES string of the molecule is CCCOCC(NC)c1cc(C)cnc1N. The Morgan fingerprint density at radius 3 is 2.94 bits per heavy atom. The molecule has 0 amide bonds. The van der Waals surface area contributed by atoms with Gasteiger partial charge in [-0.2, -0.15) is 0 Å². The van der Waals surface area contributed by atoms with Gasteiger partial charge in [0.05, 0.1) is 12.6 Å². The van der Waals surface area contributed by atoms with Gasteiger partial charge in [0.1, 0.15) is 5.82 Å². The maximum atomic E-state index is 5.86. The lowest BCUT2D eigenvalue weighted by Crippen LogP contribution is -2.23. The number of aryl methyl sites for hydroxylation is 1. The van der Waals surface area contributed by atoms with E-state index in [1.807, 2.05) is 14.0 Å². The van der Waals surface area contributed by atoms with Crippen LogP contribution in [0.5, 0.6) is 0 Å². The fraction of sp³-hybridized carbons (Fsp3) is 0.583. The van der Waals surface area contributed by atoms with Crippen LogP contribution in [0, 0.1) is 6.92 Å². The monoisotopic (exact) mass is 223 g/mol. The lowest BCUT2D eigenvalue weighted by Gasteiger charge is -2.18. The molecule has 0 aliphatic rings. The number of rotatable bonds is 6. The van der Waals surface area contributed by atoms with Crippen LogP contribution in [0.15, 0.2) is 12.3 Å². The zero-order valence-electron chi connectivity index (χ0n) is 10.3. The topological polar surface area (TPSA) is 60.2 Å². The van der Waals surface area contributed by atoms with Crippen molar-refractivity contribution in [3.8, 4) is 0 Å². The number of anilines is 1. The van der Waals surface area contributed by atoms with E-state index in [4.69, 9.17) is 10.5 Å². The fourth-order valence-electron chi connectivity index (χ4n) is 1.56. The average molecular weight is 223 g/mol. The molecule has 1 heterocycles. The van der Waals surface area contributed by atoms with E-state index in [0.717, 1.165) is 24.2 Å². The number of hydrogen-bond donors (Lipinski definition) is 2. The molecule has 0 saturated carbocycles. The number of hydrogen-bond acceptors (Lipinski definition) is 4. The van der Waals surface area contributed by atoms with Crippen LogP contribution in [0.1, 0.15) is 30.5 Å². The molecule has 0 aliphatic carbocycles. The van der Waals surface area contributed by atoms with Crippen molar-refractivity contribution in [2.75, 3.05) is 26.0 Å². The highest BCUT2D eigenvalue weighted by molar-refractivity contribution is 5.43. The van der Waals surface area contributed by atoms with E-state index in [9.17, 15) is 0 Å². The number of nitrogens with two attached hydrogens (primary N) is 1. The van der Waals surface area contributed by atoms with Gasteiger partial charge in [-0.3, -0.25) is 0 Å². The van der Waals surface area contributed by atoms with Gasteiger partial charge in [0.2, 0.25) is 0 Å². The minimum absolute atomic E-state index is 0.110. The van der Waals surface area contributed by atoms with Crippen LogP contribution in [-0.2, 0) is 4.74 Å². The Hall–Kier alpha value is -1.13. The molecule has 1 atom stereocenters. The molecule has 0 radical (unpaired) electrons. The van der Waals surface area contributed by atoms with Crippen LogP contribution in [0.2, 0.25) is 0 Å². The van der Waals surface area contributed by atoms with Crippen molar-refractivity contribution in [2.45, 2.75) is 26.3 Å². The molecule has 0 spiro atoms. The summed E-state index contributed by atoms with van der Waals surface area (Å²) in [5.41, 5.74) is 7.99. The molecule has 1 unspecified atom stereocenters. The number of likely N-dealkylation sites (N-methyl/N-ethyl adjacent to an activating group) is 1. The largest absolute Gasteiger partial charge is 0.383 e. The van der Waals surface area contributed by atoms with Gasteiger partial charge in [0, 0.05) is 18.4 Å². The molecule has 3 N–H and O–H groups in total. The molecule has 1 rings (SSSR count). The van der Waals surface area contributed by atoms with Gasteiger partial charge in [0.25, 0.3) is 0 Å². The van der Waals surface area contributed by atoms with Crippen LogP contribution in [0.3, 0.4) is 0 Å². The Morgan fingerprint density at radius 2 is 2.31 bits per heavy atom. The molecular formula is C12H21N3O. The highest BCUT2D eigenvalue weighted by atomic mass is 16.5. The average Bonchev–Trinajstić information content (AvgIpc) is 2.28. The lowest BCUT2D eigenvalue weighted by molar-refractivity contribution is 0.114. The third kappa shape index (κ3) is 3.47. The van der Waals surface area contributed by atoms with Crippen LogP contribution in [0.4, 0.5) is 5.82 Å². The molecule has 0 aliphatic heterocycles. The van der Waals surface area contributed by atoms with Crippen LogP contribution >= 0.6 is 0 Å². The van der Waals surface area contributed by atoms with Crippen molar-refractivity contribution in [3.63, 3.8) is 0 Å². The molecule has 1 aromatic heterocycles. The first-order valence-electron chi connectivity index (χ1n) is 5.66. The highest BCUT2D eigenvalue weighted by Gasteiger charge is 2.13. The van der Waals surface area contributed by atoms with E-state index in [1.165, 1.54) is 0 Å². The number of nitrogen functional groups attached to an aromatic ring is 1. The summed E-state index contributed by atoms with van der Waals surface area (Å²) in [4.78, 5) is 4.16. The third-order valence-corrected chi connectivity index (χ3v) is 2.44. The zero-order valence-corrected chi connectivity index (χ0v) is 10.3. The Morgan fingerprint density at radius 1 is 1.56 bits per heavy atom. The first kappa shape index (κ1) is 12.9. The van der Waals surface area contributed by atoms with Gasteiger partial charge < -0.3 is 15.8 Å². The van der Waals surface area contributed by atoms with E-state index in [1.54, 1.807) is 6.20 Å². The first-order chi connectivity index (χ1) is 7.69. The summed E-state index contributed by atoms with van der Waals surface area (Å²) in [6.45, 7) is 5.50.